The molecular weight excluding hydrogens is 276 g/mol. The fourth-order valence-corrected chi connectivity index (χ4v) is 5.24. The van der Waals surface area contributed by atoms with E-state index in [-0.39, 0.29) is 15.8 Å². The van der Waals surface area contributed by atoms with E-state index in [4.69, 9.17) is 0 Å². The first-order chi connectivity index (χ1) is 8.89. The van der Waals surface area contributed by atoms with Crippen LogP contribution in [-0.2, 0) is 16.2 Å². The van der Waals surface area contributed by atoms with E-state index in [9.17, 15) is 9.00 Å². The Balaban J connectivity index is 2.18. The van der Waals surface area contributed by atoms with Crippen LogP contribution in [0.2, 0.25) is 0 Å². The molecule has 1 fully saturated rings. The molecule has 1 aromatic carbocycles. The fraction of sp³-hybridized carbons (Fsp3) is 0.533. The highest BCUT2D eigenvalue weighted by Crippen LogP contribution is 2.27. The molecule has 104 valence electrons. The molecule has 4 heteroatoms. The van der Waals surface area contributed by atoms with Crippen molar-refractivity contribution >= 4 is 28.3 Å². The first-order valence-electron chi connectivity index (χ1n) is 6.53. The quantitative estimate of drug-likeness (QED) is 0.785. The Kier molecular flexibility index (Phi) is 4.51. The summed E-state index contributed by atoms with van der Waals surface area (Å²) in [5.74, 6) is 1.61. The van der Waals surface area contributed by atoms with Crippen molar-refractivity contribution in [1.29, 1.82) is 0 Å². The lowest BCUT2D eigenvalue weighted by Gasteiger charge is -2.21. The number of rotatable bonds is 2. The highest BCUT2D eigenvalue weighted by molar-refractivity contribution is 8.13. The molecule has 1 heterocycles. The molecule has 0 spiro atoms. The Morgan fingerprint density at radius 1 is 1.26 bits per heavy atom. The molecular formula is C15H20O2S2. The molecule has 0 amide bonds. The third kappa shape index (κ3) is 3.48. The van der Waals surface area contributed by atoms with Crippen LogP contribution in [-0.4, -0.2) is 26.1 Å². The van der Waals surface area contributed by atoms with Crippen LogP contribution in [0.1, 0.15) is 43.1 Å². The van der Waals surface area contributed by atoms with Crippen molar-refractivity contribution < 1.29 is 9.00 Å². The topological polar surface area (TPSA) is 34.1 Å². The van der Waals surface area contributed by atoms with E-state index >= 15 is 0 Å². The van der Waals surface area contributed by atoms with E-state index in [1.807, 2.05) is 24.3 Å². The maximum absolute atomic E-state index is 12.4. The monoisotopic (exact) mass is 296 g/mol. The minimum absolute atomic E-state index is 0.0171. The largest absolute Gasteiger partial charge is 0.292 e. The smallest absolute Gasteiger partial charge is 0.188 e. The number of Topliss-reactive ketones (excluding diaryl/α,β-unsaturated/α-hetero) is 1. The molecule has 0 aliphatic carbocycles. The van der Waals surface area contributed by atoms with Crippen LogP contribution >= 0.6 is 11.8 Å². The lowest BCUT2D eigenvalue weighted by Crippen LogP contribution is -2.28. The molecule has 1 aliphatic heterocycles. The van der Waals surface area contributed by atoms with E-state index in [1.165, 1.54) is 17.3 Å². The molecule has 2 rings (SSSR count). The van der Waals surface area contributed by atoms with Gasteiger partial charge >= 0.3 is 0 Å². The molecule has 0 aromatic heterocycles. The molecule has 2 atom stereocenters. The highest BCUT2D eigenvalue weighted by atomic mass is 32.2. The van der Waals surface area contributed by atoms with E-state index < -0.39 is 10.8 Å². The van der Waals surface area contributed by atoms with Gasteiger partial charge in [0.05, 0.1) is 0 Å². The minimum atomic E-state index is -1.02. The summed E-state index contributed by atoms with van der Waals surface area (Å²) in [6.07, 6.45) is 0.948. The van der Waals surface area contributed by atoms with Gasteiger partial charge in [0.15, 0.2) is 5.78 Å². The third-order valence-corrected chi connectivity index (χ3v) is 6.72. The molecule has 0 bridgehead atoms. The molecule has 2 nitrogen and oxygen atoms in total. The lowest BCUT2D eigenvalue weighted by atomic mass is 9.86. The van der Waals surface area contributed by atoms with Gasteiger partial charge in [-0.25, -0.2) is 0 Å². The zero-order valence-electron chi connectivity index (χ0n) is 11.6. The number of carbonyl (C=O) groups excluding carboxylic acids is 1. The van der Waals surface area contributed by atoms with E-state index in [2.05, 4.69) is 20.8 Å². The minimum Gasteiger partial charge on any atom is -0.292 e. The summed E-state index contributed by atoms with van der Waals surface area (Å²) in [6, 6.07) is 7.75. The average Bonchev–Trinajstić information content (AvgIpc) is 2.38. The van der Waals surface area contributed by atoms with Crippen molar-refractivity contribution in [3.8, 4) is 0 Å². The molecule has 0 N–H and O–H groups in total. The van der Waals surface area contributed by atoms with Crippen molar-refractivity contribution in [2.75, 3.05) is 11.5 Å². The standard InChI is InChI=1S/C15H20O2S2/c1-15(2,3)12-7-5-11(6-8-12)13(16)14-18-9-4-10-19(14)17/h5-8,14H,4,9-10H2,1-3H3. The summed E-state index contributed by atoms with van der Waals surface area (Å²) in [6.45, 7) is 6.45. The van der Waals surface area contributed by atoms with Gasteiger partial charge in [-0.05, 0) is 23.2 Å². The van der Waals surface area contributed by atoms with Crippen LogP contribution in [0.3, 0.4) is 0 Å². The highest BCUT2D eigenvalue weighted by Gasteiger charge is 2.29. The summed E-state index contributed by atoms with van der Waals surface area (Å²) >= 11 is 1.53. The van der Waals surface area contributed by atoms with Crippen molar-refractivity contribution in [2.45, 2.75) is 37.2 Å². The Morgan fingerprint density at radius 3 is 2.42 bits per heavy atom. The van der Waals surface area contributed by atoms with Crippen LogP contribution < -0.4 is 0 Å². The van der Waals surface area contributed by atoms with Crippen molar-refractivity contribution in [2.24, 2.45) is 0 Å². The Morgan fingerprint density at radius 2 is 1.89 bits per heavy atom. The van der Waals surface area contributed by atoms with Crippen LogP contribution in [0.15, 0.2) is 24.3 Å². The molecule has 0 saturated carbocycles. The average molecular weight is 296 g/mol. The maximum atomic E-state index is 12.4. The molecule has 1 saturated heterocycles. The normalized spacial score (nSPS) is 24.2. The van der Waals surface area contributed by atoms with Gasteiger partial charge in [0, 0.05) is 22.1 Å². The Labute approximate surface area is 121 Å². The van der Waals surface area contributed by atoms with Gasteiger partial charge in [0.1, 0.15) is 4.58 Å². The summed E-state index contributed by atoms with van der Waals surface area (Å²) in [5, 5.41) is 0. The number of ketones is 1. The first-order valence-corrected chi connectivity index (χ1v) is 8.96. The van der Waals surface area contributed by atoms with Crippen molar-refractivity contribution in [1.82, 2.24) is 0 Å². The van der Waals surface area contributed by atoms with Crippen molar-refractivity contribution in [3.05, 3.63) is 35.4 Å². The summed E-state index contributed by atoms with van der Waals surface area (Å²) in [5.41, 5.74) is 1.98. The van der Waals surface area contributed by atoms with Gasteiger partial charge in [-0.3, -0.25) is 9.00 Å². The first kappa shape index (κ1) is 14.8. The van der Waals surface area contributed by atoms with E-state index in [0.29, 0.717) is 11.3 Å². The van der Waals surface area contributed by atoms with Gasteiger partial charge in [-0.15, -0.1) is 11.8 Å². The number of hydrogen-bond donors (Lipinski definition) is 0. The predicted octanol–water partition coefficient (Wildman–Crippen LogP) is 3.38. The van der Waals surface area contributed by atoms with Gasteiger partial charge in [-0.2, -0.15) is 0 Å². The van der Waals surface area contributed by atoms with Gasteiger partial charge in [0.2, 0.25) is 0 Å². The molecule has 2 unspecified atom stereocenters. The number of thioether (sulfide) groups is 1. The summed E-state index contributed by atoms with van der Waals surface area (Å²) in [4.78, 5) is 12.4. The molecule has 1 aromatic rings. The van der Waals surface area contributed by atoms with E-state index in [0.717, 1.165) is 12.2 Å². The number of hydrogen-bond acceptors (Lipinski definition) is 3. The van der Waals surface area contributed by atoms with E-state index in [1.54, 1.807) is 0 Å². The second-order valence-electron chi connectivity index (χ2n) is 5.83. The fourth-order valence-electron chi connectivity index (χ4n) is 2.04. The van der Waals surface area contributed by atoms with Crippen LogP contribution in [0, 0.1) is 0 Å². The Hall–Kier alpha value is -0.610. The second kappa shape index (κ2) is 5.80. The van der Waals surface area contributed by atoms with Crippen LogP contribution in [0.5, 0.6) is 0 Å². The third-order valence-electron chi connectivity index (χ3n) is 3.25. The zero-order valence-corrected chi connectivity index (χ0v) is 13.3. The summed E-state index contributed by atoms with van der Waals surface area (Å²) < 4.78 is 11.5. The van der Waals surface area contributed by atoms with Gasteiger partial charge in [-0.1, -0.05) is 45.0 Å². The van der Waals surface area contributed by atoms with Crippen LogP contribution in [0.4, 0.5) is 0 Å². The number of benzene rings is 1. The number of carbonyl (C=O) groups is 1. The molecule has 1 aliphatic rings. The summed E-state index contributed by atoms with van der Waals surface area (Å²) in [7, 11) is -1.02. The van der Waals surface area contributed by atoms with Gasteiger partial charge in [0.25, 0.3) is 0 Å². The predicted molar refractivity (Wildman–Crippen MR) is 83.3 cm³/mol. The SMILES string of the molecule is CC(C)(C)c1ccc(C(=O)C2SCCCS2=O)cc1. The lowest BCUT2D eigenvalue weighted by molar-refractivity contribution is 0.101. The second-order valence-corrected chi connectivity index (χ2v) is 8.99. The molecule has 19 heavy (non-hydrogen) atoms. The molecule has 0 radical (unpaired) electrons. The Bertz CT molecular complexity index is 486. The maximum Gasteiger partial charge on any atom is 0.188 e. The van der Waals surface area contributed by atoms with Crippen molar-refractivity contribution in [3.63, 3.8) is 0 Å². The zero-order chi connectivity index (χ0) is 14.0. The van der Waals surface area contributed by atoms with Gasteiger partial charge < -0.3 is 0 Å². The van der Waals surface area contributed by atoms with Crippen LogP contribution in [0.25, 0.3) is 0 Å².